The maximum atomic E-state index is 12.2. The Morgan fingerprint density at radius 1 is 1.32 bits per heavy atom. The normalized spacial score (nSPS) is 18.7. The minimum atomic E-state index is -0.490. The summed E-state index contributed by atoms with van der Waals surface area (Å²) in [5, 5.41) is 2.91. The fourth-order valence-corrected chi connectivity index (χ4v) is 2.87. The zero-order valence-electron chi connectivity index (χ0n) is 15.1. The summed E-state index contributed by atoms with van der Waals surface area (Å²) in [7, 11) is 0. The van der Waals surface area contributed by atoms with Gasteiger partial charge in [0.25, 0.3) is 0 Å². The summed E-state index contributed by atoms with van der Waals surface area (Å²) >= 11 is 0. The molecular weight excluding hydrogens is 318 g/mol. The Balaban J connectivity index is 1.76. The molecule has 2 amide bonds. The lowest BCUT2D eigenvalue weighted by Gasteiger charge is -2.32. The first-order chi connectivity index (χ1) is 12.0. The number of nitrogens with zero attached hydrogens (tertiary/aromatic N) is 1. The van der Waals surface area contributed by atoms with Gasteiger partial charge in [0.2, 0.25) is 5.91 Å². The average Bonchev–Trinajstić information content (AvgIpc) is 2.64. The molecule has 1 saturated heterocycles. The van der Waals surface area contributed by atoms with E-state index >= 15 is 0 Å². The van der Waals surface area contributed by atoms with Crippen molar-refractivity contribution in [3.8, 4) is 0 Å². The zero-order valence-corrected chi connectivity index (χ0v) is 15.1. The van der Waals surface area contributed by atoms with Gasteiger partial charge in [-0.25, -0.2) is 4.79 Å². The Kier molecular flexibility index (Phi) is 7.25. The molecule has 3 N–H and O–H groups in total. The van der Waals surface area contributed by atoms with Crippen molar-refractivity contribution in [2.45, 2.75) is 39.3 Å². The quantitative estimate of drug-likeness (QED) is 0.826. The first kappa shape index (κ1) is 19.2. The second kappa shape index (κ2) is 9.42. The van der Waals surface area contributed by atoms with Crippen molar-refractivity contribution in [2.24, 2.45) is 17.6 Å². The maximum absolute atomic E-state index is 12.2. The molecule has 0 aliphatic carbocycles. The van der Waals surface area contributed by atoms with Gasteiger partial charge >= 0.3 is 6.09 Å². The Morgan fingerprint density at radius 2 is 2.04 bits per heavy atom. The van der Waals surface area contributed by atoms with Crippen LogP contribution in [0, 0.1) is 11.8 Å². The minimum Gasteiger partial charge on any atom is -0.445 e. The van der Waals surface area contributed by atoms with Crippen molar-refractivity contribution >= 4 is 12.0 Å². The maximum Gasteiger partial charge on any atom is 0.410 e. The average molecular weight is 347 g/mol. The number of rotatable bonds is 6. The largest absolute Gasteiger partial charge is 0.445 e. The van der Waals surface area contributed by atoms with Gasteiger partial charge in [0.15, 0.2) is 0 Å². The Hall–Kier alpha value is -2.08. The van der Waals surface area contributed by atoms with E-state index in [-0.39, 0.29) is 30.4 Å². The van der Waals surface area contributed by atoms with Gasteiger partial charge in [0, 0.05) is 19.6 Å². The molecule has 1 aromatic carbocycles. The summed E-state index contributed by atoms with van der Waals surface area (Å²) in [5.74, 6) is 0.218. The van der Waals surface area contributed by atoms with Gasteiger partial charge in [0.05, 0.1) is 6.04 Å². The molecule has 1 fully saturated rings. The number of ether oxygens (including phenoxy) is 1. The van der Waals surface area contributed by atoms with Crippen LogP contribution in [-0.2, 0) is 16.1 Å². The molecule has 2 rings (SSSR count). The number of hydrogen-bond donors (Lipinski definition) is 2. The van der Waals surface area contributed by atoms with Crippen LogP contribution < -0.4 is 11.1 Å². The molecule has 6 nitrogen and oxygen atoms in total. The fraction of sp³-hybridized carbons (Fsp3) is 0.579. The van der Waals surface area contributed by atoms with Gasteiger partial charge in [-0.3, -0.25) is 4.79 Å². The van der Waals surface area contributed by atoms with Gasteiger partial charge < -0.3 is 20.7 Å². The van der Waals surface area contributed by atoms with E-state index in [9.17, 15) is 9.59 Å². The van der Waals surface area contributed by atoms with E-state index in [1.54, 1.807) is 4.90 Å². The summed E-state index contributed by atoms with van der Waals surface area (Å²) in [6, 6.07) is 9.14. The first-order valence-electron chi connectivity index (χ1n) is 8.96. The summed E-state index contributed by atoms with van der Waals surface area (Å²) in [6.45, 7) is 5.97. The predicted octanol–water partition coefficient (Wildman–Crippen LogP) is 2.13. The molecule has 1 aliphatic heterocycles. The summed E-state index contributed by atoms with van der Waals surface area (Å²) in [4.78, 5) is 25.9. The topological polar surface area (TPSA) is 84.7 Å². The lowest BCUT2D eigenvalue weighted by Crippen LogP contribution is -2.48. The SMILES string of the molecule is CC(C)[C@H](N)C(=O)NC[C@H]1CCCN(C(=O)OCc2ccccc2)C1. The highest BCUT2D eigenvalue weighted by Gasteiger charge is 2.26. The Morgan fingerprint density at radius 3 is 2.72 bits per heavy atom. The minimum absolute atomic E-state index is 0.107. The number of carbonyl (C=O) groups is 2. The molecular formula is C19H29N3O3. The molecule has 0 radical (unpaired) electrons. The van der Waals surface area contributed by atoms with Crippen LogP contribution in [0.2, 0.25) is 0 Å². The van der Waals surface area contributed by atoms with Crippen molar-refractivity contribution in [1.29, 1.82) is 0 Å². The van der Waals surface area contributed by atoms with E-state index in [1.165, 1.54) is 0 Å². The van der Waals surface area contributed by atoms with E-state index < -0.39 is 6.04 Å². The molecule has 1 heterocycles. The number of nitrogens with one attached hydrogen (secondary N) is 1. The second-order valence-electron chi connectivity index (χ2n) is 7.01. The van der Waals surface area contributed by atoms with Crippen molar-refractivity contribution < 1.29 is 14.3 Å². The third-order valence-corrected chi connectivity index (χ3v) is 4.57. The first-order valence-corrected chi connectivity index (χ1v) is 8.96. The molecule has 0 bridgehead atoms. The van der Waals surface area contributed by atoms with E-state index in [4.69, 9.17) is 10.5 Å². The predicted molar refractivity (Wildman–Crippen MR) is 96.7 cm³/mol. The van der Waals surface area contributed by atoms with Crippen LogP contribution in [0.4, 0.5) is 4.79 Å². The Bertz CT molecular complexity index is 562. The Labute approximate surface area is 149 Å². The number of amides is 2. The second-order valence-corrected chi connectivity index (χ2v) is 7.01. The summed E-state index contributed by atoms with van der Waals surface area (Å²) in [6.07, 6.45) is 1.61. The number of hydrogen-bond acceptors (Lipinski definition) is 4. The van der Waals surface area contributed by atoms with Crippen LogP contribution in [0.3, 0.4) is 0 Å². The van der Waals surface area contributed by atoms with Crippen molar-refractivity contribution in [3.63, 3.8) is 0 Å². The van der Waals surface area contributed by atoms with Gasteiger partial charge in [-0.2, -0.15) is 0 Å². The molecule has 0 saturated carbocycles. The highest BCUT2D eigenvalue weighted by atomic mass is 16.6. The number of piperidine rings is 1. The number of carbonyl (C=O) groups excluding carboxylic acids is 2. The van der Waals surface area contributed by atoms with Crippen molar-refractivity contribution in [2.75, 3.05) is 19.6 Å². The van der Waals surface area contributed by atoms with Crippen LogP contribution in [-0.4, -0.2) is 42.6 Å². The highest BCUT2D eigenvalue weighted by Crippen LogP contribution is 2.17. The van der Waals surface area contributed by atoms with Gasteiger partial charge in [0.1, 0.15) is 6.61 Å². The number of nitrogens with two attached hydrogens (primary N) is 1. The van der Waals surface area contributed by atoms with Crippen LogP contribution in [0.1, 0.15) is 32.3 Å². The molecule has 1 aliphatic rings. The fourth-order valence-electron chi connectivity index (χ4n) is 2.87. The van der Waals surface area contributed by atoms with Gasteiger partial charge in [-0.15, -0.1) is 0 Å². The third kappa shape index (κ3) is 6.05. The smallest absolute Gasteiger partial charge is 0.410 e. The molecule has 0 unspecified atom stereocenters. The monoisotopic (exact) mass is 347 g/mol. The molecule has 0 aromatic heterocycles. The third-order valence-electron chi connectivity index (χ3n) is 4.57. The summed E-state index contributed by atoms with van der Waals surface area (Å²) < 4.78 is 5.39. The lowest BCUT2D eigenvalue weighted by atomic mass is 9.97. The van der Waals surface area contributed by atoms with Crippen LogP contribution in [0.25, 0.3) is 0 Å². The van der Waals surface area contributed by atoms with E-state index in [2.05, 4.69) is 5.32 Å². The lowest BCUT2D eigenvalue weighted by molar-refractivity contribution is -0.123. The van der Waals surface area contributed by atoms with E-state index in [0.29, 0.717) is 19.6 Å². The van der Waals surface area contributed by atoms with E-state index in [0.717, 1.165) is 18.4 Å². The zero-order chi connectivity index (χ0) is 18.2. The molecule has 1 aromatic rings. The van der Waals surface area contributed by atoms with Crippen LogP contribution in [0.15, 0.2) is 30.3 Å². The standard InChI is InChI=1S/C19H29N3O3/c1-14(2)17(20)18(23)21-11-16-9-6-10-22(12-16)19(24)25-13-15-7-4-3-5-8-15/h3-5,7-8,14,16-17H,6,9-13,20H2,1-2H3,(H,21,23)/t16-,17+/m1/s1. The van der Waals surface area contributed by atoms with Gasteiger partial charge in [-0.05, 0) is 30.2 Å². The van der Waals surface area contributed by atoms with Crippen LogP contribution in [0.5, 0.6) is 0 Å². The molecule has 138 valence electrons. The van der Waals surface area contributed by atoms with Gasteiger partial charge in [-0.1, -0.05) is 44.2 Å². The number of likely N-dealkylation sites (tertiary alicyclic amines) is 1. The van der Waals surface area contributed by atoms with Crippen molar-refractivity contribution in [3.05, 3.63) is 35.9 Å². The molecule has 0 spiro atoms. The molecule has 2 atom stereocenters. The molecule has 25 heavy (non-hydrogen) atoms. The highest BCUT2D eigenvalue weighted by molar-refractivity contribution is 5.81. The van der Waals surface area contributed by atoms with E-state index in [1.807, 2.05) is 44.2 Å². The molecule has 6 heteroatoms. The van der Waals surface area contributed by atoms with Crippen LogP contribution >= 0.6 is 0 Å². The van der Waals surface area contributed by atoms with Crippen molar-refractivity contribution in [1.82, 2.24) is 10.2 Å². The number of benzene rings is 1. The summed E-state index contributed by atoms with van der Waals surface area (Å²) in [5.41, 5.74) is 6.82.